The first kappa shape index (κ1) is 10.8. The van der Waals surface area contributed by atoms with Crippen LogP contribution in [0.3, 0.4) is 0 Å². The van der Waals surface area contributed by atoms with Crippen LogP contribution >= 0.6 is 0 Å². The van der Waals surface area contributed by atoms with Crippen molar-refractivity contribution >= 4 is 11.8 Å². The second-order valence-corrected chi connectivity index (χ2v) is 4.09. The van der Waals surface area contributed by atoms with Crippen LogP contribution in [-0.4, -0.2) is 28.2 Å². The first-order valence-corrected chi connectivity index (χ1v) is 5.37. The summed E-state index contributed by atoms with van der Waals surface area (Å²) in [6.07, 6.45) is 2.80. The van der Waals surface area contributed by atoms with E-state index in [0.717, 1.165) is 17.7 Å². The quantitative estimate of drug-likeness (QED) is 0.670. The molecular formula is C12H14N2O2. The number of hydrogen-bond donors (Lipinski definition) is 0. The molecule has 1 aromatic rings. The van der Waals surface area contributed by atoms with E-state index in [1.165, 1.54) is 4.90 Å². The van der Waals surface area contributed by atoms with Crippen LogP contribution in [0.5, 0.6) is 0 Å². The summed E-state index contributed by atoms with van der Waals surface area (Å²) >= 11 is 0. The van der Waals surface area contributed by atoms with E-state index >= 15 is 0 Å². The Balaban J connectivity index is 2.30. The summed E-state index contributed by atoms with van der Waals surface area (Å²) in [4.78, 5) is 28.9. The maximum Gasteiger partial charge on any atom is 0.262 e. The van der Waals surface area contributed by atoms with Gasteiger partial charge in [0.1, 0.15) is 0 Å². The average Bonchev–Trinajstić information content (AvgIpc) is 2.63. The number of amides is 2. The summed E-state index contributed by atoms with van der Waals surface area (Å²) in [6.45, 7) is 4.27. The second kappa shape index (κ2) is 4.04. The molecule has 4 heteroatoms. The number of rotatable bonds is 1. The van der Waals surface area contributed by atoms with E-state index in [1.54, 1.807) is 6.20 Å². The molecule has 2 amide bonds. The lowest BCUT2D eigenvalue weighted by Crippen LogP contribution is -2.32. The molecule has 1 saturated heterocycles. The second-order valence-electron chi connectivity index (χ2n) is 4.09. The van der Waals surface area contributed by atoms with Crippen LogP contribution in [0.2, 0.25) is 0 Å². The largest absolute Gasteiger partial charge is 0.278 e. The zero-order chi connectivity index (χ0) is 11.7. The van der Waals surface area contributed by atoms with Crippen molar-refractivity contribution < 1.29 is 9.59 Å². The SMILES string of the molecule is Cc1cc(C)c(C(=O)N2CCCC2=O)cn1. The predicted molar refractivity (Wildman–Crippen MR) is 59.0 cm³/mol. The Morgan fingerprint density at radius 1 is 1.44 bits per heavy atom. The third-order valence-electron chi connectivity index (χ3n) is 2.80. The first-order valence-electron chi connectivity index (χ1n) is 5.37. The zero-order valence-corrected chi connectivity index (χ0v) is 9.49. The Morgan fingerprint density at radius 3 is 2.75 bits per heavy atom. The Labute approximate surface area is 94.3 Å². The van der Waals surface area contributed by atoms with Gasteiger partial charge in [0.05, 0.1) is 5.56 Å². The predicted octanol–water partition coefficient (Wildman–Crippen LogP) is 1.46. The van der Waals surface area contributed by atoms with E-state index in [2.05, 4.69) is 4.98 Å². The average molecular weight is 218 g/mol. The lowest BCUT2D eigenvalue weighted by Gasteiger charge is -2.14. The van der Waals surface area contributed by atoms with Gasteiger partial charge in [0.2, 0.25) is 5.91 Å². The molecule has 0 aliphatic carbocycles. The molecular weight excluding hydrogens is 204 g/mol. The number of imide groups is 1. The van der Waals surface area contributed by atoms with Gasteiger partial charge < -0.3 is 0 Å². The fraction of sp³-hybridized carbons (Fsp3) is 0.417. The third kappa shape index (κ3) is 1.83. The van der Waals surface area contributed by atoms with Crippen molar-refractivity contribution in [3.63, 3.8) is 0 Å². The fourth-order valence-electron chi connectivity index (χ4n) is 1.93. The number of carbonyl (C=O) groups excluding carboxylic acids is 2. The van der Waals surface area contributed by atoms with Gasteiger partial charge in [0.15, 0.2) is 0 Å². The lowest BCUT2D eigenvalue weighted by molar-refractivity contribution is -0.125. The Hall–Kier alpha value is -1.71. The summed E-state index contributed by atoms with van der Waals surface area (Å²) < 4.78 is 0. The normalized spacial score (nSPS) is 15.6. The van der Waals surface area contributed by atoms with Crippen molar-refractivity contribution in [1.29, 1.82) is 0 Å². The summed E-state index contributed by atoms with van der Waals surface area (Å²) in [5, 5.41) is 0. The highest BCUT2D eigenvalue weighted by Gasteiger charge is 2.28. The molecule has 84 valence electrons. The molecule has 0 N–H and O–H groups in total. The van der Waals surface area contributed by atoms with E-state index in [0.29, 0.717) is 18.5 Å². The molecule has 0 aromatic carbocycles. The van der Waals surface area contributed by atoms with Crippen LogP contribution in [0.4, 0.5) is 0 Å². The van der Waals surface area contributed by atoms with Crippen molar-refractivity contribution in [3.8, 4) is 0 Å². The van der Waals surface area contributed by atoms with Crippen molar-refractivity contribution in [2.75, 3.05) is 6.54 Å². The number of nitrogens with zero attached hydrogens (tertiary/aromatic N) is 2. The van der Waals surface area contributed by atoms with Gasteiger partial charge in [-0.2, -0.15) is 0 Å². The van der Waals surface area contributed by atoms with E-state index in [-0.39, 0.29) is 11.8 Å². The highest BCUT2D eigenvalue weighted by molar-refractivity contribution is 6.06. The summed E-state index contributed by atoms with van der Waals surface area (Å²) in [5.41, 5.74) is 2.28. The standard InChI is InChI=1S/C12H14N2O2/c1-8-6-9(2)13-7-10(8)12(16)14-5-3-4-11(14)15/h6-7H,3-5H2,1-2H3. The molecule has 0 bridgehead atoms. The van der Waals surface area contributed by atoms with E-state index < -0.39 is 0 Å². The molecule has 2 rings (SSSR count). The van der Waals surface area contributed by atoms with Crippen molar-refractivity contribution in [2.45, 2.75) is 26.7 Å². The van der Waals surface area contributed by atoms with Crippen molar-refractivity contribution in [2.24, 2.45) is 0 Å². The van der Waals surface area contributed by atoms with Crippen LogP contribution in [0, 0.1) is 13.8 Å². The van der Waals surface area contributed by atoms with Gasteiger partial charge in [-0.05, 0) is 31.9 Å². The molecule has 16 heavy (non-hydrogen) atoms. The molecule has 4 nitrogen and oxygen atoms in total. The van der Waals surface area contributed by atoms with E-state index in [9.17, 15) is 9.59 Å². The Bertz CT molecular complexity index is 454. The molecule has 0 saturated carbocycles. The Morgan fingerprint density at radius 2 is 2.19 bits per heavy atom. The highest BCUT2D eigenvalue weighted by atomic mass is 16.2. The van der Waals surface area contributed by atoms with Gasteiger partial charge in [0.25, 0.3) is 5.91 Å². The Kier molecular flexibility index (Phi) is 2.73. The van der Waals surface area contributed by atoms with Crippen LogP contribution in [0.25, 0.3) is 0 Å². The molecule has 1 fully saturated rings. The minimum absolute atomic E-state index is 0.0787. The number of hydrogen-bond acceptors (Lipinski definition) is 3. The van der Waals surface area contributed by atoms with Gasteiger partial charge >= 0.3 is 0 Å². The van der Waals surface area contributed by atoms with Crippen LogP contribution in [-0.2, 0) is 4.79 Å². The van der Waals surface area contributed by atoms with Crippen molar-refractivity contribution in [1.82, 2.24) is 9.88 Å². The highest BCUT2D eigenvalue weighted by Crippen LogP contribution is 2.16. The zero-order valence-electron chi connectivity index (χ0n) is 9.49. The topological polar surface area (TPSA) is 50.3 Å². The summed E-state index contributed by atoms with van der Waals surface area (Å²) in [5.74, 6) is -0.294. The monoisotopic (exact) mass is 218 g/mol. The maximum atomic E-state index is 12.1. The molecule has 1 aliphatic rings. The van der Waals surface area contributed by atoms with Crippen LogP contribution in [0.15, 0.2) is 12.3 Å². The van der Waals surface area contributed by atoms with Gasteiger partial charge in [0, 0.05) is 24.9 Å². The fourth-order valence-corrected chi connectivity index (χ4v) is 1.93. The number of pyridine rings is 1. The van der Waals surface area contributed by atoms with Gasteiger partial charge in [-0.1, -0.05) is 0 Å². The molecule has 0 unspecified atom stereocenters. The first-order chi connectivity index (χ1) is 7.59. The smallest absolute Gasteiger partial charge is 0.262 e. The van der Waals surface area contributed by atoms with Crippen LogP contribution in [0.1, 0.15) is 34.5 Å². The van der Waals surface area contributed by atoms with Crippen LogP contribution < -0.4 is 0 Å². The number of likely N-dealkylation sites (tertiary alicyclic amines) is 1. The van der Waals surface area contributed by atoms with E-state index in [4.69, 9.17) is 0 Å². The molecule has 1 aromatic heterocycles. The molecule has 2 heterocycles. The maximum absolute atomic E-state index is 12.1. The molecule has 0 spiro atoms. The number of carbonyl (C=O) groups is 2. The molecule has 0 radical (unpaired) electrons. The number of aryl methyl sites for hydroxylation is 2. The summed E-state index contributed by atoms with van der Waals surface area (Å²) in [7, 11) is 0. The van der Waals surface area contributed by atoms with Gasteiger partial charge in [-0.3, -0.25) is 19.5 Å². The van der Waals surface area contributed by atoms with Crippen molar-refractivity contribution in [3.05, 3.63) is 29.1 Å². The minimum Gasteiger partial charge on any atom is -0.278 e. The van der Waals surface area contributed by atoms with Gasteiger partial charge in [-0.25, -0.2) is 0 Å². The third-order valence-corrected chi connectivity index (χ3v) is 2.80. The molecule has 0 atom stereocenters. The molecule has 1 aliphatic heterocycles. The number of aromatic nitrogens is 1. The van der Waals surface area contributed by atoms with E-state index in [1.807, 2.05) is 19.9 Å². The minimum atomic E-state index is -0.215. The van der Waals surface area contributed by atoms with Gasteiger partial charge in [-0.15, -0.1) is 0 Å². The summed E-state index contributed by atoms with van der Waals surface area (Å²) in [6, 6.07) is 1.85. The lowest BCUT2D eigenvalue weighted by atomic mass is 10.1.